The van der Waals surface area contributed by atoms with Crippen LogP contribution in [0.3, 0.4) is 0 Å². The van der Waals surface area contributed by atoms with Crippen LogP contribution in [-0.2, 0) is 0 Å². The van der Waals surface area contributed by atoms with E-state index in [0.29, 0.717) is 16.7 Å². The largest absolute Gasteiger partial charge is 0.390 e. The Labute approximate surface area is 118 Å². The van der Waals surface area contributed by atoms with Gasteiger partial charge in [-0.1, -0.05) is 39.3 Å². The van der Waals surface area contributed by atoms with Gasteiger partial charge in [-0.05, 0) is 62.2 Å². The molecule has 2 saturated carbocycles. The van der Waals surface area contributed by atoms with Gasteiger partial charge in [0.05, 0.1) is 5.60 Å². The van der Waals surface area contributed by atoms with Crippen LogP contribution in [0.15, 0.2) is 11.6 Å². The number of aliphatic hydroxyl groups is 1. The Hall–Kier alpha value is -0.300. The molecule has 3 aliphatic carbocycles. The lowest BCUT2D eigenvalue weighted by Gasteiger charge is -2.70. The van der Waals surface area contributed by atoms with Crippen molar-refractivity contribution in [2.75, 3.05) is 0 Å². The molecule has 108 valence electrons. The summed E-state index contributed by atoms with van der Waals surface area (Å²) in [6.45, 7) is 13.5. The molecular weight excluding hydrogens is 232 g/mol. The van der Waals surface area contributed by atoms with E-state index in [9.17, 15) is 5.11 Å². The molecule has 2 bridgehead atoms. The van der Waals surface area contributed by atoms with E-state index < -0.39 is 5.60 Å². The van der Waals surface area contributed by atoms with Gasteiger partial charge in [0.1, 0.15) is 0 Å². The standard InChI is InChI=1S/C18H30O/c1-12-9-14-13-7-8-15(2,3)18(14,10-13)11-17(12,6)16(4,5)19/h9,12-13,19H,7-8,10-11H2,1-6H3/t12?,13-,17?,18-/m0/s1. The highest BCUT2D eigenvalue weighted by molar-refractivity contribution is 5.38. The van der Waals surface area contributed by atoms with Crippen LogP contribution in [0.4, 0.5) is 0 Å². The van der Waals surface area contributed by atoms with Crippen LogP contribution in [0.2, 0.25) is 0 Å². The Bertz CT molecular complexity index is 439. The number of allylic oxidation sites excluding steroid dienone is 2. The maximum Gasteiger partial charge on any atom is 0.0650 e. The summed E-state index contributed by atoms with van der Waals surface area (Å²) in [5.74, 6) is 1.34. The molecule has 4 atom stereocenters. The summed E-state index contributed by atoms with van der Waals surface area (Å²) in [5.41, 5.74) is 1.92. The minimum absolute atomic E-state index is 0.00389. The average Bonchev–Trinajstić information content (AvgIpc) is 2.24. The van der Waals surface area contributed by atoms with Gasteiger partial charge in [-0.15, -0.1) is 0 Å². The quantitative estimate of drug-likeness (QED) is 0.687. The topological polar surface area (TPSA) is 20.2 Å². The molecule has 3 rings (SSSR count). The van der Waals surface area contributed by atoms with Gasteiger partial charge in [-0.25, -0.2) is 0 Å². The Morgan fingerprint density at radius 1 is 1.26 bits per heavy atom. The van der Waals surface area contributed by atoms with Crippen molar-refractivity contribution >= 4 is 0 Å². The van der Waals surface area contributed by atoms with Crippen LogP contribution in [0.5, 0.6) is 0 Å². The van der Waals surface area contributed by atoms with Gasteiger partial charge in [0.2, 0.25) is 0 Å². The van der Waals surface area contributed by atoms with Crippen molar-refractivity contribution in [3.8, 4) is 0 Å². The molecule has 1 nitrogen and oxygen atoms in total. The SMILES string of the molecule is CC1C=C2[C@H]3CCC(C)(C)[C@@]2(C3)CC1(C)C(C)(C)O. The fourth-order valence-corrected chi connectivity index (χ4v) is 5.33. The van der Waals surface area contributed by atoms with E-state index in [2.05, 4.69) is 33.8 Å². The highest BCUT2D eigenvalue weighted by atomic mass is 16.3. The highest BCUT2D eigenvalue weighted by Crippen LogP contribution is 2.74. The van der Waals surface area contributed by atoms with Crippen molar-refractivity contribution in [2.45, 2.75) is 72.8 Å². The van der Waals surface area contributed by atoms with Gasteiger partial charge in [0.15, 0.2) is 0 Å². The fraction of sp³-hybridized carbons (Fsp3) is 0.889. The third kappa shape index (κ3) is 1.46. The lowest BCUT2D eigenvalue weighted by atomic mass is 9.35. The summed E-state index contributed by atoms with van der Waals surface area (Å²) in [4.78, 5) is 0. The molecule has 0 aliphatic heterocycles. The van der Waals surface area contributed by atoms with E-state index in [0.717, 1.165) is 5.92 Å². The molecule has 0 spiro atoms. The maximum atomic E-state index is 10.7. The van der Waals surface area contributed by atoms with E-state index in [1.165, 1.54) is 25.7 Å². The van der Waals surface area contributed by atoms with Crippen LogP contribution in [0, 0.1) is 28.1 Å². The molecule has 0 radical (unpaired) electrons. The third-order valence-electron chi connectivity index (χ3n) is 7.50. The van der Waals surface area contributed by atoms with Crippen LogP contribution in [-0.4, -0.2) is 10.7 Å². The predicted molar refractivity (Wildman–Crippen MR) is 79.8 cm³/mol. The van der Waals surface area contributed by atoms with Crippen LogP contribution in [0.25, 0.3) is 0 Å². The van der Waals surface area contributed by atoms with Crippen molar-refractivity contribution in [1.82, 2.24) is 0 Å². The van der Waals surface area contributed by atoms with Crippen LogP contribution in [0.1, 0.15) is 67.2 Å². The zero-order valence-corrected chi connectivity index (χ0v) is 13.5. The Balaban J connectivity index is 2.09. The van der Waals surface area contributed by atoms with Gasteiger partial charge in [0.25, 0.3) is 0 Å². The smallest absolute Gasteiger partial charge is 0.0650 e. The summed E-state index contributed by atoms with van der Waals surface area (Å²) < 4.78 is 0. The van der Waals surface area contributed by atoms with E-state index in [1.807, 2.05) is 13.8 Å². The van der Waals surface area contributed by atoms with Crippen molar-refractivity contribution < 1.29 is 5.11 Å². The van der Waals surface area contributed by atoms with Crippen molar-refractivity contribution in [3.05, 3.63) is 11.6 Å². The summed E-state index contributed by atoms with van der Waals surface area (Å²) in [6.07, 6.45) is 7.80. The lowest BCUT2D eigenvalue weighted by molar-refractivity contribution is -0.153. The molecule has 2 fully saturated rings. The van der Waals surface area contributed by atoms with Gasteiger partial charge in [-0.2, -0.15) is 0 Å². The van der Waals surface area contributed by atoms with Gasteiger partial charge < -0.3 is 5.11 Å². The second-order valence-electron chi connectivity index (χ2n) is 8.97. The summed E-state index contributed by atoms with van der Waals surface area (Å²) in [5, 5.41) is 10.7. The molecule has 3 aliphatic rings. The first kappa shape index (κ1) is 13.7. The molecule has 0 heterocycles. The molecule has 0 amide bonds. The third-order valence-corrected chi connectivity index (χ3v) is 7.50. The minimum atomic E-state index is -0.609. The number of rotatable bonds is 1. The molecule has 0 saturated heterocycles. The van der Waals surface area contributed by atoms with Crippen molar-refractivity contribution in [3.63, 3.8) is 0 Å². The zero-order valence-electron chi connectivity index (χ0n) is 13.5. The molecule has 0 aromatic carbocycles. The Morgan fingerprint density at radius 3 is 2.42 bits per heavy atom. The molecule has 1 heteroatoms. The van der Waals surface area contributed by atoms with Crippen molar-refractivity contribution in [1.29, 1.82) is 0 Å². The molecule has 19 heavy (non-hydrogen) atoms. The number of hydrogen-bond donors (Lipinski definition) is 1. The van der Waals surface area contributed by atoms with Crippen molar-refractivity contribution in [2.24, 2.45) is 28.1 Å². The predicted octanol–water partition coefficient (Wildman–Crippen LogP) is 4.56. The zero-order chi connectivity index (χ0) is 14.3. The average molecular weight is 262 g/mol. The molecular formula is C18H30O. The van der Waals surface area contributed by atoms with E-state index in [1.54, 1.807) is 5.57 Å². The fourth-order valence-electron chi connectivity index (χ4n) is 5.33. The number of hydrogen-bond acceptors (Lipinski definition) is 1. The molecule has 1 N–H and O–H groups in total. The second kappa shape index (κ2) is 3.47. The normalized spacial score (nSPS) is 48.1. The summed E-state index contributed by atoms with van der Waals surface area (Å²) in [6, 6.07) is 0. The first-order valence-electron chi connectivity index (χ1n) is 7.98. The Kier molecular flexibility index (Phi) is 2.50. The monoisotopic (exact) mass is 262 g/mol. The second-order valence-corrected chi connectivity index (χ2v) is 8.97. The van der Waals surface area contributed by atoms with Gasteiger partial charge in [0, 0.05) is 5.41 Å². The van der Waals surface area contributed by atoms with E-state index >= 15 is 0 Å². The van der Waals surface area contributed by atoms with E-state index in [-0.39, 0.29) is 5.41 Å². The summed E-state index contributed by atoms with van der Waals surface area (Å²) >= 11 is 0. The highest BCUT2D eigenvalue weighted by Gasteiger charge is 2.66. The first-order chi connectivity index (χ1) is 8.54. The Morgan fingerprint density at radius 2 is 1.89 bits per heavy atom. The van der Waals surface area contributed by atoms with Gasteiger partial charge >= 0.3 is 0 Å². The molecule has 2 unspecified atom stereocenters. The first-order valence-corrected chi connectivity index (χ1v) is 7.98. The lowest BCUT2D eigenvalue weighted by Crippen LogP contribution is -2.62. The molecule has 0 aromatic rings. The maximum absolute atomic E-state index is 10.7. The van der Waals surface area contributed by atoms with Crippen LogP contribution < -0.4 is 0 Å². The van der Waals surface area contributed by atoms with Gasteiger partial charge in [-0.3, -0.25) is 0 Å². The molecule has 0 aromatic heterocycles. The summed E-state index contributed by atoms with van der Waals surface area (Å²) in [7, 11) is 0. The minimum Gasteiger partial charge on any atom is -0.390 e. The van der Waals surface area contributed by atoms with Crippen LogP contribution >= 0.6 is 0 Å². The van der Waals surface area contributed by atoms with E-state index in [4.69, 9.17) is 0 Å².